The van der Waals surface area contributed by atoms with E-state index in [4.69, 9.17) is 5.84 Å². The van der Waals surface area contributed by atoms with Crippen LogP contribution in [0.2, 0.25) is 0 Å². The van der Waals surface area contributed by atoms with Crippen molar-refractivity contribution in [3.05, 3.63) is 6.33 Å². The summed E-state index contributed by atoms with van der Waals surface area (Å²) in [5.74, 6) is 4.76. The fourth-order valence-electron chi connectivity index (χ4n) is 0.721. The number of amides is 1. The minimum Gasteiger partial charge on any atom is -0.293 e. The molecule has 13 heavy (non-hydrogen) atoms. The Kier molecular flexibility index (Phi) is 3.26. The average molecular weight is 201 g/mol. The standard InChI is InChI=1S/C6H11N5OS/c1-4(5(12)10-7)13-6-8-3-9-11(6)2/h3-4H,7H2,1-2H3,(H,10,12). The minimum absolute atomic E-state index is 0.229. The van der Waals surface area contributed by atoms with Crippen molar-refractivity contribution in [2.45, 2.75) is 17.3 Å². The number of aryl methyl sites for hydroxylation is 1. The summed E-state index contributed by atoms with van der Waals surface area (Å²) in [5, 5.41) is 4.30. The molecule has 72 valence electrons. The molecule has 1 aromatic heterocycles. The first-order valence-electron chi connectivity index (χ1n) is 3.66. The molecule has 0 aromatic carbocycles. The third-order valence-electron chi connectivity index (χ3n) is 1.46. The van der Waals surface area contributed by atoms with Gasteiger partial charge < -0.3 is 0 Å². The van der Waals surface area contributed by atoms with Gasteiger partial charge in [-0.15, -0.1) is 0 Å². The van der Waals surface area contributed by atoms with Gasteiger partial charge in [0.05, 0.1) is 5.25 Å². The van der Waals surface area contributed by atoms with Gasteiger partial charge in [0.15, 0.2) is 5.16 Å². The van der Waals surface area contributed by atoms with Crippen molar-refractivity contribution in [2.75, 3.05) is 0 Å². The quantitative estimate of drug-likeness (QED) is 0.292. The number of nitrogens with one attached hydrogen (secondary N) is 1. The molecule has 1 atom stereocenters. The first kappa shape index (κ1) is 10.0. The molecule has 1 unspecified atom stereocenters. The third-order valence-corrected chi connectivity index (χ3v) is 2.61. The van der Waals surface area contributed by atoms with Gasteiger partial charge in [0.2, 0.25) is 5.91 Å². The maximum absolute atomic E-state index is 11.0. The highest BCUT2D eigenvalue weighted by Crippen LogP contribution is 2.19. The lowest BCUT2D eigenvalue weighted by atomic mass is 10.5. The maximum atomic E-state index is 11.0. The van der Waals surface area contributed by atoms with Crippen molar-refractivity contribution in [1.29, 1.82) is 0 Å². The van der Waals surface area contributed by atoms with Crippen molar-refractivity contribution < 1.29 is 4.79 Å². The molecule has 0 radical (unpaired) electrons. The molecule has 0 bridgehead atoms. The normalized spacial score (nSPS) is 12.5. The highest BCUT2D eigenvalue weighted by atomic mass is 32.2. The van der Waals surface area contributed by atoms with E-state index in [0.29, 0.717) is 5.16 Å². The number of rotatable bonds is 3. The molecule has 1 amide bonds. The molecule has 0 spiro atoms. The van der Waals surface area contributed by atoms with E-state index in [1.165, 1.54) is 18.1 Å². The molecule has 0 aliphatic heterocycles. The van der Waals surface area contributed by atoms with E-state index in [-0.39, 0.29) is 11.2 Å². The lowest BCUT2D eigenvalue weighted by Gasteiger charge is -2.07. The summed E-state index contributed by atoms with van der Waals surface area (Å²) in [4.78, 5) is 15.0. The molecule has 0 aliphatic carbocycles. The average Bonchev–Trinajstić information content (AvgIpc) is 2.50. The largest absolute Gasteiger partial charge is 0.293 e. The van der Waals surface area contributed by atoms with E-state index in [1.54, 1.807) is 18.7 Å². The van der Waals surface area contributed by atoms with Crippen LogP contribution in [-0.4, -0.2) is 25.9 Å². The zero-order chi connectivity index (χ0) is 9.84. The lowest BCUT2D eigenvalue weighted by Crippen LogP contribution is -2.36. The highest BCUT2D eigenvalue weighted by Gasteiger charge is 2.15. The van der Waals surface area contributed by atoms with Crippen LogP contribution in [0.4, 0.5) is 0 Å². The van der Waals surface area contributed by atoms with Crippen LogP contribution in [0.5, 0.6) is 0 Å². The minimum atomic E-state index is -0.270. The fraction of sp³-hybridized carbons (Fsp3) is 0.500. The Morgan fingerprint density at radius 1 is 1.85 bits per heavy atom. The molecule has 0 saturated carbocycles. The van der Waals surface area contributed by atoms with E-state index in [1.807, 2.05) is 0 Å². The maximum Gasteiger partial charge on any atom is 0.247 e. The molecule has 1 aromatic rings. The topological polar surface area (TPSA) is 85.8 Å². The summed E-state index contributed by atoms with van der Waals surface area (Å²) in [7, 11) is 1.77. The van der Waals surface area contributed by atoms with E-state index in [9.17, 15) is 4.79 Å². The SMILES string of the molecule is CC(Sc1ncnn1C)C(=O)NN. The fourth-order valence-corrected chi connectivity index (χ4v) is 1.52. The van der Waals surface area contributed by atoms with Gasteiger partial charge in [-0.05, 0) is 6.92 Å². The smallest absolute Gasteiger partial charge is 0.247 e. The summed E-state index contributed by atoms with van der Waals surface area (Å²) < 4.78 is 1.60. The van der Waals surface area contributed by atoms with E-state index in [0.717, 1.165) is 0 Å². The summed E-state index contributed by atoms with van der Waals surface area (Å²) in [6.45, 7) is 1.75. The molecular formula is C6H11N5OS. The molecule has 7 heteroatoms. The Labute approximate surface area is 79.9 Å². The van der Waals surface area contributed by atoms with Crippen molar-refractivity contribution in [2.24, 2.45) is 12.9 Å². The van der Waals surface area contributed by atoms with Crippen molar-refractivity contribution in [3.8, 4) is 0 Å². The van der Waals surface area contributed by atoms with Crippen molar-refractivity contribution in [3.63, 3.8) is 0 Å². The second-order valence-corrected chi connectivity index (χ2v) is 3.74. The first-order chi connectivity index (χ1) is 6.15. The van der Waals surface area contributed by atoms with Crippen molar-refractivity contribution in [1.82, 2.24) is 20.2 Å². The predicted octanol–water partition coefficient (Wildman–Crippen LogP) is -0.714. The molecule has 0 saturated heterocycles. The lowest BCUT2D eigenvalue weighted by molar-refractivity contribution is -0.120. The second kappa shape index (κ2) is 4.24. The number of thioether (sulfide) groups is 1. The van der Waals surface area contributed by atoms with Crippen LogP contribution in [0.15, 0.2) is 11.5 Å². The molecule has 0 aliphatic rings. The number of hydrogen-bond donors (Lipinski definition) is 2. The van der Waals surface area contributed by atoms with Gasteiger partial charge in [-0.2, -0.15) is 5.10 Å². The van der Waals surface area contributed by atoms with E-state index >= 15 is 0 Å². The molecular weight excluding hydrogens is 190 g/mol. The molecule has 6 nitrogen and oxygen atoms in total. The van der Waals surface area contributed by atoms with E-state index in [2.05, 4.69) is 15.5 Å². The number of nitrogens with two attached hydrogens (primary N) is 1. The Hall–Kier alpha value is -1.08. The van der Waals surface area contributed by atoms with Gasteiger partial charge in [0.25, 0.3) is 0 Å². The zero-order valence-corrected chi connectivity index (χ0v) is 8.21. The Bertz CT molecular complexity index is 299. The Balaban J connectivity index is 2.59. The van der Waals surface area contributed by atoms with Crippen LogP contribution in [0.1, 0.15) is 6.92 Å². The number of carbonyl (C=O) groups excluding carboxylic acids is 1. The number of nitrogens with zero attached hydrogens (tertiary/aromatic N) is 3. The van der Waals surface area contributed by atoms with Gasteiger partial charge >= 0.3 is 0 Å². The third kappa shape index (κ3) is 2.43. The number of carbonyl (C=O) groups is 1. The van der Waals surface area contributed by atoms with Crippen LogP contribution in [-0.2, 0) is 11.8 Å². The van der Waals surface area contributed by atoms with Crippen LogP contribution < -0.4 is 11.3 Å². The van der Waals surface area contributed by atoms with Gasteiger partial charge in [-0.3, -0.25) is 10.2 Å². The highest BCUT2D eigenvalue weighted by molar-refractivity contribution is 8.00. The van der Waals surface area contributed by atoms with Crippen LogP contribution in [0.3, 0.4) is 0 Å². The number of hydrogen-bond acceptors (Lipinski definition) is 5. The molecule has 1 heterocycles. The second-order valence-electron chi connectivity index (χ2n) is 2.43. The van der Waals surface area contributed by atoms with Gasteiger partial charge in [-0.1, -0.05) is 11.8 Å². The predicted molar refractivity (Wildman–Crippen MR) is 48.7 cm³/mol. The molecule has 0 fully saturated rings. The van der Waals surface area contributed by atoms with Gasteiger partial charge in [0.1, 0.15) is 6.33 Å². The Morgan fingerprint density at radius 2 is 2.54 bits per heavy atom. The van der Waals surface area contributed by atoms with Gasteiger partial charge in [0, 0.05) is 7.05 Å². The first-order valence-corrected chi connectivity index (χ1v) is 4.54. The van der Waals surface area contributed by atoms with Crippen LogP contribution in [0.25, 0.3) is 0 Å². The van der Waals surface area contributed by atoms with Crippen LogP contribution in [0, 0.1) is 0 Å². The van der Waals surface area contributed by atoms with E-state index < -0.39 is 0 Å². The zero-order valence-electron chi connectivity index (χ0n) is 7.39. The summed E-state index contributed by atoms with van der Waals surface area (Å²) >= 11 is 1.31. The summed E-state index contributed by atoms with van der Waals surface area (Å²) in [6, 6.07) is 0. The van der Waals surface area contributed by atoms with Crippen molar-refractivity contribution >= 4 is 17.7 Å². The monoisotopic (exact) mass is 201 g/mol. The summed E-state index contributed by atoms with van der Waals surface area (Å²) in [6.07, 6.45) is 1.44. The Morgan fingerprint density at radius 3 is 3.00 bits per heavy atom. The van der Waals surface area contributed by atoms with Gasteiger partial charge in [-0.25, -0.2) is 15.5 Å². The molecule has 3 N–H and O–H groups in total. The van der Waals surface area contributed by atoms with Crippen LogP contribution >= 0.6 is 11.8 Å². The summed E-state index contributed by atoms with van der Waals surface area (Å²) in [5.41, 5.74) is 2.08. The molecule has 1 rings (SSSR count). The number of hydrazine groups is 1. The number of aromatic nitrogens is 3.